The van der Waals surface area contributed by atoms with E-state index in [0.717, 1.165) is 11.4 Å². The van der Waals surface area contributed by atoms with Gasteiger partial charge in [-0.05, 0) is 18.4 Å². The Morgan fingerprint density at radius 3 is 2.53 bits per heavy atom. The zero-order valence-electron chi connectivity index (χ0n) is 11.4. The van der Waals surface area contributed by atoms with Crippen LogP contribution in [0.3, 0.4) is 0 Å². The van der Waals surface area contributed by atoms with Crippen LogP contribution in [0.5, 0.6) is 0 Å². The second kappa shape index (κ2) is 5.00. The Hall–Kier alpha value is -1.16. The van der Waals surface area contributed by atoms with E-state index in [9.17, 15) is 4.79 Å². The molecule has 1 rings (SSSR count). The second-order valence-electron chi connectivity index (χ2n) is 5.79. The Balaban J connectivity index is 2.59. The maximum atomic E-state index is 11.9. The van der Waals surface area contributed by atoms with Gasteiger partial charge in [-0.3, -0.25) is 9.48 Å². The predicted octanol–water partition coefficient (Wildman–Crippen LogP) is 1.60. The van der Waals surface area contributed by atoms with Crippen LogP contribution in [0.2, 0.25) is 0 Å². The molecule has 0 bridgehead atoms. The number of aromatic nitrogens is 2. The molecule has 0 saturated heterocycles. The van der Waals surface area contributed by atoms with Gasteiger partial charge in [0.1, 0.15) is 5.78 Å². The van der Waals surface area contributed by atoms with Crippen LogP contribution in [0.15, 0.2) is 6.07 Å². The normalized spacial score (nSPS) is 13.8. The average Bonchev–Trinajstić information content (AvgIpc) is 2.43. The highest BCUT2D eigenvalue weighted by Gasteiger charge is 2.23. The quantitative estimate of drug-likeness (QED) is 0.865. The third-order valence-corrected chi connectivity index (χ3v) is 3.04. The molecule has 1 heterocycles. The van der Waals surface area contributed by atoms with Gasteiger partial charge in [0, 0.05) is 31.6 Å². The van der Waals surface area contributed by atoms with Crippen LogP contribution in [0.4, 0.5) is 0 Å². The number of nitrogens with zero attached hydrogens (tertiary/aromatic N) is 2. The lowest BCUT2D eigenvalue weighted by Crippen LogP contribution is -2.37. The fraction of sp³-hybridized carbons (Fsp3) is 0.692. The van der Waals surface area contributed by atoms with E-state index in [1.165, 1.54) is 0 Å². The maximum absolute atomic E-state index is 11.9. The van der Waals surface area contributed by atoms with Crippen LogP contribution >= 0.6 is 0 Å². The monoisotopic (exact) mass is 237 g/mol. The molecular weight excluding hydrogens is 214 g/mol. The molecule has 1 atom stereocenters. The van der Waals surface area contributed by atoms with E-state index in [-0.39, 0.29) is 17.2 Å². The van der Waals surface area contributed by atoms with Crippen molar-refractivity contribution in [3.8, 4) is 0 Å². The minimum absolute atomic E-state index is 0.0297. The number of hydrogen-bond donors (Lipinski definition) is 1. The van der Waals surface area contributed by atoms with E-state index >= 15 is 0 Å². The van der Waals surface area contributed by atoms with Crippen LogP contribution in [-0.2, 0) is 18.3 Å². The van der Waals surface area contributed by atoms with Crippen molar-refractivity contribution in [1.82, 2.24) is 9.78 Å². The molecule has 0 saturated carbocycles. The lowest BCUT2D eigenvalue weighted by molar-refractivity contribution is -0.119. The van der Waals surface area contributed by atoms with Gasteiger partial charge in [0.2, 0.25) is 0 Å². The molecule has 0 radical (unpaired) electrons. The van der Waals surface area contributed by atoms with Gasteiger partial charge < -0.3 is 5.73 Å². The molecular formula is C13H23N3O. The van der Waals surface area contributed by atoms with Crippen molar-refractivity contribution < 1.29 is 4.79 Å². The van der Waals surface area contributed by atoms with Crippen LogP contribution in [0, 0.1) is 12.3 Å². The summed E-state index contributed by atoms with van der Waals surface area (Å²) >= 11 is 0. The minimum atomic E-state index is -0.0932. The summed E-state index contributed by atoms with van der Waals surface area (Å²) in [5, 5.41) is 4.23. The zero-order chi connectivity index (χ0) is 13.2. The van der Waals surface area contributed by atoms with Gasteiger partial charge >= 0.3 is 0 Å². The maximum Gasteiger partial charge on any atom is 0.140 e. The molecule has 0 amide bonds. The van der Waals surface area contributed by atoms with E-state index in [4.69, 9.17) is 5.73 Å². The first-order chi connectivity index (χ1) is 7.70. The Bertz CT molecular complexity index is 401. The number of Topliss-reactive ketones (excluding diaryl/α,β-unsaturated/α-hetero) is 1. The number of nitrogens with two attached hydrogens (primary N) is 1. The van der Waals surface area contributed by atoms with Crippen molar-refractivity contribution in [3.63, 3.8) is 0 Å². The molecule has 1 aromatic heterocycles. The number of ketones is 1. The summed E-state index contributed by atoms with van der Waals surface area (Å²) in [5.41, 5.74) is 7.87. The van der Waals surface area contributed by atoms with E-state index < -0.39 is 0 Å². The average molecular weight is 237 g/mol. The Morgan fingerprint density at radius 1 is 1.53 bits per heavy atom. The van der Waals surface area contributed by atoms with Crippen LogP contribution in [0.25, 0.3) is 0 Å². The minimum Gasteiger partial charge on any atom is -0.327 e. The molecule has 0 aliphatic heterocycles. The van der Waals surface area contributed by atoms with Gasteiger partial charge in [-0.1, -0.05) is 20.8 Å². The van der Waals surface area contributed by atoms with Crippen LogP contribution < -0.4 is 5.73 Å². The molecule has 4 nitrogen and oxygen atoms in total. The zero-order valence-corrected chi connectivity index (χ0v) is 11.4. The Morgan fingerprint density at radius 2 is 2.12 bits per heavy atom. The number of carbonyl (C=O) groups excluding carboxylic acids is 1. The van der Waals surface area contributed by atoms with E-state index in [2.05, 4.69) is 25.9 Å². The molecule has 96 valence electrons. The summed E-state index contributed by atoms with van der Waals surface area (Å²) in [4.78, 5) is 11.9. The third kappa shape index (κ3) is 3.97. The van der Waals surface area contributed by atoms with Crippen molar-refractivity contribution in [3.05, 3.63) is 17.5 Å². The van der Waals surface area contributed by atoms with Crippen molar-refractivity contribution >= 4 is 5.78 Å². The molecule has 0 spiro atoms. The third-order valence-electron chi connectivity index (χ3n) is 3.04. The fourth-order valence-corrected chi connectivity index (χ4v) is 1.66. The first-order valence-electron chi connectivity index (χ1n) is 5.97. The molecule has 1 unspecified atom stereocenters. The lowest BCUT2D eigenvalue weighted by atomic mass is 9.84. The number of rotatable bonds is 4. The topological polar surface area (TPSA) is 60.9 Å². The predicted molar refractivity (Wildman–Crippen MR) is 68.7 cm³/mol. The van der Waals surface area contributed by atoms with Gasteiger partial charge in [0.05, 0.1) is 5.69 Å². The Labute approximate surface area is 103 Å². The van der Waals surface area contributed by atoms with E-state index in [1.807, 2.05) is 20.0 Å². The van der Waals surface area contributed by atoms with Gasteiger partial charge in [-0.25, -0.2) is 0 Å². The van der Waals surface area contributed by atoms with Gasteiger partial charge in [-0.15, -0.1) is 0 Å². The summed E-state index contributed by atoms with van der Waals surface area (Å²) in [6.07, 6.45) is 0.842. The molecule has 0 aliphatic rings. The second-order valence-corrected chi connectivity index (χ2v) is 5.79. The molecule has 1 aromatic rings. The van der Waals surface area contributed by atoms with Gasteiger partial charge in [-0.2, -0.15) is 5.10 Å². The SMILES string of the molecule is Cc1cc(CC(=O)CC(N)C(C)(C)C)n(C)n1. The highest BCUT2D eigenvalue weighted by atomic mass is 16.1. The van der Waals surface area contributed by atoms with Crippen LogP contribution in [0.1, 0.15) is 38.6 Å². The van der Waals surface area contributed by atoms with Crippen molar-refractivity contribution in [2.45, 2.75) is 46.6 Å². The standard InChI is InChI=1S/C13H23N3O/c1-9-6-10(16(5)15-9)7-11(17)8-12(14)13(2,3)4/h6,12H,7-8,14H2,1-5H3. The summed E-state index contributed by atoms with van der Waals surface area (Å²) < 4.78 is 1.76. The smallest absolute Gasteiger partial charge is 0.140 e. The summed E-state index contributed by atoms with van der Waals surface area (Å²) in [6, 6.07) is 1.85. The summed E-state index contributed by atoms with van der Waals surface area (Å²) in [6.45, 7) is 8.09. The fourth-order valence-electron chi connectivity index (χ4n) is 1.66. The van der Waals surface area contributed by atoms with E-state index in [1.54, 1.807) is 4.68 Å². The largest absolute Gasteiger partial charge is 0.327 e. The van der Waals surface area contributed by atoms with E-state index in [0.29, 0.717) is 12.8 Å². The number of aryl methyl sites for hydroxylation is 2. The first kappa shape index (κ1) is 13.9. The molecule has 0 aromatic carbocycles. The number of hydrogen-bond acceptors (Lipinski definition) is 3. The first-order valence-corrected chi connectivity index (χ1v) is 5.97. The molecule has 0 fully saturated rings. The van der Waals surface area contributed by atoms with Gasteiger partial charge in [0.15, 0.2) is 0 Å². The highest BCUT2D eigenvalue weighted by Crippen LogP contribution is 2.20. The van der Waals surface area contributed by atoms with Crippen molar-refractivity contribution in [1.29, 1.82) is 0 Å². The highest BCUT2D eigenvalue weighted by molar-refractivity contribution is 5.81. The molecule has 4 heteroatoms. The van der Waals surface area contributed by atoms with Gasteiger partial charge in [0.25, 0.3) is 0 Å². The molecule has 0 aliphatic carbocycles. The summed E-state index contributed by atoms with van der Waals surface area (Å²) in [5.74, 6) is 0.176. The van der Waals surface area contributed by atoms with Crippen LogP contribution in [-0.4, -0.2) is 21.6 Å². The van der Waals surface area contributed by atoms with Crippen molar-refractivity contribution in [2.24, 2.45) is 18.2 Å². The molecule has 2 N–H and O–H groups in total. The summed E-state index contributed by atoms with van der Waals surface area (Å²) in [7, 11) is 1.86. The lowest BCUT2D eigenvalue weighted by Gasteiger charge is -2.26. The molecule has 17 heavy (non-hydrogen) atoms. The van der Waals surface area contributed by atoms with Crippen molar-refractivity contribution in [2.75, 3.05) is 0 Å². The Kier molecular flexibility index (Phi) is 4.09. The number of carbonyl (C=O) groups is 1.